The van der Waals surface area contributed by atoms with E-state index in [0.717, 1.165) is 25.7 Å². The van der Waals surface area contributed by atoms with Crippen LogP contribution < -0.4 is 10.1 Å². The predicted molar refractivity (Wildman–Crippen MR) is 110 cm³/mol. The van der Waals surface area contributed by atoms with Gasteiger partial charge in [0, 0.05) is 31.1 Å². The van der Waals surface area contributed by atoms with E-state index in [9.17, 15) is 14.4 Å². The molecule has 0 aliphatic carbocycles. The van der Waals surface area contributed by atoms with Gasteiger partial charge in [-0.3, -0.25) is 9.59 Å². The van der Waals surface area contributed by atoms with Crippen LogP contribution in [0.5, 0.6) is 5.75 Å². The summed E-state index contributed by atoms with van der Waals surface area (Å²) in [6.07, 6.45) is 2.71. The lowest BCUT2D eigenvalue weighted by atomic mass is 9.95. The van der Waals surface area contributed by atoms with Gasteiger partial charge in [0.05, 0.1) is 6.61 Å². The number of carbonyl (C=O) groups excluding carboxylic acids is 3. The zero-order valence-electron chi connectivity index (χ0n) is 17.6. The molecule has 0 atom stereocenters. The Labute approximate surface area is 172 Å². The van der Waals surface area contributed by atoms with Crippen LogP contribution in [0, 0.1) is 11.8 Å². The molecule has 0 spiro atoms. The second-order valence-corrected chi connectivity index (χ2v) is 7.30. The van der Waals surface area contributed by atoms with E-state index in [0.29, 0.717) is 36.9 Å². The van der Waals surface area contributed by atoms with E-state index >= 15 is 0 Å². The molecule has 0 saturated carbocycles. The maximum absolute atomic E-state index is 12.7. The van der Waals surface area contributed by atoms with Crippen LogP contribution in [0.25, 0.3) is 0 Å². The van der Waals surface area contributed by atoms with Gasteiger partial charge in [-0.2, -0.15) is 0 Å². The number of ether oxygens (including phenoxy) is 2. The minimum atomic E-state index is -0.759. The van der Waals surface area contributed by atoms with Crippen LogP contribution in [0.1, 0.15) is 56.8 Å². The van der Waals surface area contributed by atoms with E-state index in [1.54, 1.807) is 31.2 Å². The first-order valence-electron chi connectivity index (χ1n) is 10.5. The topological polar surface area (TPSA) is 84.9 Å². The van der Waals surface area contributed by atoms with Gasteiger partial charge in [-0.1, -0.05) is 13.8 Å². The highest BCUT2D eigenvalue weighted by molar-refractivity contribution is 5.94. The maximum Gasteiger partial charge on any atom is 0.513 e. The monoisotopic (exact) mass is 404 g/mol. The number of benzene rings is 1. The Bertz CT molecular complexity index is 677. The lowest BCUT2D eigenvalue weighted by molar-refractivity contribution is -0.125. The number of rotatable bonds is 8. The van der Waals surface area contributed by atoms with Gasteiger partial charge in [0.25, 0.3) is 5.91 Å². The lowest BCUT2D eigenvalue weighted by Crippen LogP contribution is -2.42. The molecule has 1 aliphatic heterocycles. The molecule has 160 valence electrons. The van der Waals surface area contributed by atoms with Crippen LogP contribution >= 0.6 is 0 Å². The Hall–Kier alpha value is -2.57. The first-order valence-corrected chi connectivity index (χ1v) is 10.5. The summed E-state index contributed by atoms with van der Waals surface area (Å²) in [5, 5.41) is 3.07. The number of amides is 2. The molecule has 1 fully saturated rings. The first kappa shape index (κ1) is 22.7. The van der Waals surface area contributed by atoms with Gasteiger partial charge in [-0.05, 0) is 62.8 Å². The number of hydrogen-bond acceptors (Lipinski definition) is 5. The first-order chi connectivity index (χ1) is 14.0. The van der Waals surface area contributed by atoms with Crippen LogP contribution in [-0.2, 0) is 9.53 Å². The van der Waals surface area contributed by atoms with Crippen LogP contribution in [-0.4, -0.2) is 49.1 Å². The van der Waals surface area contributed by atoms with Crippen molar-refractivity contribution in [1.29, 1.82) is 0 Å². The second kappa shape index (κ2) is 11.4. The normalized spacial score (nSPS) is 14.6. The lowest BCUT2D eigenvalue weighted by Gasteiger charge is -2.32. The van der Waals surface area contributed by atoms with Crippen molar-refractivity contribution < 1.29 is 23.9 Å². The van der Waals surface area contributed by atoms with E-state index in [1.165, 1.54) is 0 Å². The molecule has 0 unspecified atom stereocenters. The van der Waals surface area contributed by atoms with Crippen LogP contribution in [0.2, 0.25) is 0 Å². The molecule has 1 aromatic rings. The highest BCUT2D eigenvalue weighted by atomic mass is 16.7. The average molecular weight is 405 g/mol. The number of likely N-dealkylation sites (tertiary alicyclic amines) is 1. The molecule has 1 aliphatic rings. The van der Waals surface area contributed by atoms with Crippen LogP contribution in [0.4, 0.5) is 4.79 Å². The van der Waals surface area contributed by atoms with E-state index < -0.39 is 6.16 Å². The molecule has 2 amide bonds. The molecule has 0 radical (unpaired) electrons. The zero-order chi connectivity index (χ0) is 21.2. The summed E-state index contributed by atoms with van der Waals surface area (Å²) in [5.41, 5.74) is 0.557. The van der Waals surface area contributed by atoms with Gasteiger partial charge in [0.15, 0.2) is 0 Å². The third kappa shape index (κ3) is 6.76. The third-order valence-electron chi connectivity index (χ3n) is 5.39. The molecule has 29 heavy (non-hydrogen) atoms. The quantitative estimate of drug-likeness (QED) is 0.528. The summed E-state index contributed by atoms with van der Waals surface area (Å²) >= 11 is 0. The number of nitrogens with zero attached hydrogens (tertiary/aromatic N) is 1. The average Bonchev–Trinajstić information content (AvgIpc) is 2.73. The minimum absolute atomic E-state index is 0.0350. The van der Waals surface area contributed by atoms with E-state index in [1.807, 2.05) is 18.7 Å². The molecule has 0 bridgehead atoms. The van der Waals surface area contributed by atoms with E-state index in [4.69, 9.17) is 9.47 Å². The summed E-state index contributed by atoms with van der Waals surface area (Å²) in [5.74, 6) is 0.933. The number of carbonyl (C=O) groups is 3. The Morgan fingerprint density at radius 1 is 1.07 bits per heavy atom. The Kier molecular flexibility index (Phi) is 8.96. The van der Waals surface area contributed by atoms with Crippen LogP contribution in [0.3, 0.4) is 0 Å². The smallest absolute Gasteiger partial charge is 0.434 e. The van der Waals surface area contributed by atoms with Gasteiger partial charge >= 0.3 is 6.16 Å². The highest BCUT2D eigenvalue weighted by Gasteiger charge is 2.24. The van der Waals surface area contributed by atoms with Crippen molar-refractivity contribution in [2.75, 3.05) is 26.2 Å². The van der Waals surface area contributed by atoms with Gasteiger partial charge in [-0.25, -0.2) is 4.79 Å². The van der Waals surface area contributed by atoms with Crippen molar-refractivity contribution in [3.8, 4) is 5.75 Å². The van der Waals surface area contributed by atoms with Gasteiger partial charge < -0.3 is 19.7 Å². The fourth-order valence-electron chi connectivity index (χ4n) is 3.48. The Balaban J connectivity index is 1.79. The Morgan fingerprint density at radius 3 is 2.24 bits per heavy atom. The van der Waals surface area contributed by atoms with Gasteiger partial charge in [0.1, 0.15) is 5.75 Å². The van der Waals surface area contributed by atoms with Crippen molar-refractivity contribution in [2.45, 2.75) is 46.5 Å². The molecule has 0 aromatic heterocycles. The van der Waals surface area contributed by atoms with Crippen molar-refractivity contribution >= 4 is 18.0 Å². The highest BCUT2D eigenvalue weighted by Crippen LogP contribution is 2.20. The number of piperidine rings is 1. The fourth-order valence-corrected chi connectivity index (χ4v) is 3.48. The van der Waals surface area contributed by atoms with Gasteiger partial charge in [-0.15, -0.1) is 0 Å². The predicted octanol–water partition coefficient (Wildman–Crippen LogP) is 3.63. The number of nitrogens with one attached hydrogen (secondary N) is 1. The van der Waals surface area contributed by atoms with Crippen LogP contribution in [0.15, 0.2) is 24.3 Å². The molecular weight excluding hydrogens is 372 g/mol. The largest absolute Gasteiger partial charge is 0.513 e. The summed E-state index contributed by atoms with van der Waals surface area (Å²) in [6.45, 7) is 8.04. The van der Waals surface area contributed by atoms with Crippen molar-refractivity contribution in [3.05, 3.63) is 29.8 Å². The minimum Gasteiger partial charge on any atom is -0.434 e. The molecule has 7 heteroatoms. The van der Waals surface area contributed by atoms with Crippen molar-refractivity contribution in [2.24, 2.45) is 11.8 Å². The second-order valence-electron chi connectivity index (χ2n) is 7.30. The maximum atomic E-state index is 12.7. The van der Waals surface area contributed by atoms with Gasteiger partial charge in [0.2, 0.25) is 5.91 Å². The molecule has 1 N–H and O–H groups in total. The van der Waals surface area contributed by atoms with E-state index in [-0.39, 0.29) is 24.3 Å². The van der Waals surface area contributed by atoms with Crippen molar-refractivity contribution in [1.82, 2.24) is 10.2 Å². The SMILES string of the molecule is CCOC(=O)Oc1ccc(C(=O)N2CCC(CNC(=O)C(CC)CC)CC2)cc1. The third-order valence-corrected chi connectivity index (χ3v) is 5.39. The standard InChI is InChI=1S/C22H32N2O5/c1-4-17(5-2)20(25)23-15-16-11-13-24(14-12-16)21(26)18-7-9-19(10-8-18)29-22(27)28-6-3/h7-10,16-17H,4-6,11-15H2,1-3H3,(H,23,25). The fraction of sp³-hybridized carbons (Fsp3) is 0.591. The summed E-state index contributed by atoms with van der Waals surface area (Å²) in [4.78, 5) is 38.0. The Morgan fingerprint density at radius 2 is 1.69 bits per heavy atom. The number of hydrogen-bond donors (Lipinski definition) is 1. The summed E-state index contributed by atoms with van der Waals surface area (Å²) < 4.78 is 9.73. The summed E-state index contributed by atoms with van der Waals surface area (Å²) in [6, 6.07) is 6.48. The molecule has 7 nitrogen and oxygen atoms in total. The molecule has 1 saturated heterocycles. The molecule has 1 heterocycles. The molecule has 1 aromatic carbocycles. The van der Waals surface area contributed by atoms with Crippen molar-refractivity contribution in [3.63, 3.8) is 0 Å². The zero-order valence-corrected chi connectivity index (χ0v) is 17.6. The molecular formula is C22H32N2O5. The summed E-state index contributed by atoms with van der Waals surface area (Å²) in [7, 11) is 0. The van der Waals surface area contributed by atoms with E-state index in [2.05, 4.69) is 5.32 Å². The molecule has 2 rings (SSSR count).